The predicted octanol–water partition coefficient (Wildman–Crippen LogP) is 4.85. The normalized spacial score (nSPS) is 12.3. The Kier molecular flexibility index (Phi) is 7.41. The summed E-state index contributed by atoms with van der Waals surface area (Å²) in [5.74, 6) is -0.382. The van der Waals surface area contributed by atoms with Gasteiger partial charge in [-0.1, -0.05) is 17.4 Å². The second-order valence-electron chi connectivity index (χ2n) is 8.05. The van der Waals surface area contributed by atoms with E-state index in [-0.39, 0.29) is 41.9 Å². The minimum atomic E-state index is -4.61. The number of hydrogen-bond donors (Lipinski definition) is 1. The maximum Gasteiger partial charge on any atom is 0.416 e. The van der Waals surface area contributed by atoms with Crippen molar-refractivity contribution >= 4 is 48.9 Å². The lowest BCUT2D eigenvalue weighted by Gasteiger charge is -2.23. The minimum absolute atomic E-state index is 0.00342. The number of anilines is 2. The Morgan fingerprint density at radius 3 is 2.50 bits per heavy atom. The molecular formula is C22H24F3N3O4S2. The van der Waals surface area contributed by atoms with E-state index in [0.29, 0.717) is 5.69 Å². The molecule has 0 atom stereocenters. The van der Waals surface area contributed by atoms with E-state index in [1.807, 2.05) is 13.8 Å². The van der Waals surface area contributed by atoms with E-state index in [2.05, 4.69) is 5.32 Å². The number of hydrogen-bond acceptors (Lipinski definition) is 5. The van der Waals surface area contributed by atoms with Gasteiger partial charge in [0, 0.05) is 24.7 Å². The van der Waals surface area contributed by atoms with Crippen LogP contribution in [0.5, 0.6) is 0 Å². The summed E-state index contributed by atoms with van der Waals surface area (Å²) >= 11 is 1.08. The van der Waals surface area contributed by atoms with Crippen LogP contribution in [0.3, 0.4) is 0 Å². The summed E-state index contributed by atoms with van der Waals surface area (Å²) < 4.78 is 66.6. The van der Waals surface area contributed by atoms with Crippen LogP contribution in [-0.2, 0) is 21.0 Å². The monoisotopic (exact) mass is 515 g/mol. The predicted molar refractivity (Wildman–Crippen MR) is 128 cm³/mol. The Morgan fingerprint density at radius 2 is 1.88 bits per heavy atom. The number of sulfonamides is 1. The molecule has 0 aliphatic rings. The molecule has 0 unspecified atom stereocenters. The summed E-state index contributed by atoms with van der Waals surface area (Å²) in [5.41, 5.74) is 0.188. The molecule has 0 aliphatic carbocycles. The fourth-order valence-electron chi connectivity index (χ4n) is 3.53. The second kappa shape index (κ2) is 9.79. The van der Waals surface area contributed by atoms with Crippen molar-refractivity contribution in [1.82, 2.24) is 4.57 Å². The van der Waals surface area contributed by atoms with Crippen LogP contribution >= 0.6 is 11.3 Å². The van der Waals surface area contributed by atoms with Crippen molar-refractivity contribution in [2.24, 2.45) is 0 Å². The van der Waals surface area contributed by atoms with Crippen LogP contribution in [-0.4, -0.2) is 31.7 Å². The van der Waals surface area contributed by atoms with E-state index in [9.17, 15) is 31.2 Å². The molecule has 34 heavy (non-hydrogen) atoms. The third-order valence-electron chi connectivity index (χ3n) is 5.04. The van der Waals surface area contributed by atoms with E-state index in [4.69, 9.17) is 0 Å². The fraction of sp³-hybridized carbons (Fsp3) is 0.364. The van der Waals surface area contributed by atoms with E-state index < -0.39 is 21.8 Å². The summed E-state index contributed by atoms with van der Waals surface area (Å²) in [6.07, 6.45) is -3.66. The second-order valence-corrected chi connectivity index (χ2v) is 10.9. The van der Waals surface area contributed by atoms with Crippen LogP contribution in [0.15, 0.2) is 47.3 Å². The van der Waals surface area contributed by atoms with E-state index in [1.165, 1.54) is 6.07 Å². The van der Waals surface area contributed by atoms with Crippen LogP contribution in [0.2, 0.25) is 0 Å². The Morgan fingerprint density at radius 1 is 1.18 bits per heavy atom. The Labute approximate surface area is 198 Å². The number of alkyl halides is 3. The number of nitrogens with one attached hydrogen (secondary N) is 1. The van der Waals surface area contributed by atoms with E-state index in [0.717, 1.165) is 50.3 Å². The first kappa shape index (κ1) is 25.8. The number of carbonyl (C=O) groups is 1. The molecule has 12 heteroatoms. The highest BCUT2D eigenvalue weighted by atomic mass is 32.2. The Balaban J connectivity index is 1.67. The highest BCUT2D eigenvalue weighted by Crippen LogP contribution is 2.32. The molecule has 0 bridgehead atoms. The van der Waals surface area contributed by atoms with Crippen molar-refractivity contribution in [3.05, 3.63) is 57.7 Å². The zero-order valence-electron chi connectivity index (χ0n) is 18.7. The third-order valence-corrected chi connectivity index (χ3v) is 7.15. The van der Waals surface area contributed by atoms with Gasteiger partial charge in [-0.25, -0.2) is 8.42 Å². The molecule has 1 amide bonds. The SMILES string of the molecule is CC(C)n1c(=O)sc2cc(NC(=O)CCCN(c3cccc(C(F)(F)F)c3)S(C)(=O)=O)ccc21. The molecule has 0 saturated heterocycles. The number of aromatic nitrogens is 1. The van der Waals surface area contributed by atoms with Crippen molar-refractivity contribution in [1.29, 1.82) is 0 Å². The molecule has 0 spiro atoms. The quantitative estimate of drug-likeness (QED) is 0.465. The number of carbonyl (C=O) groups excluding carboxylic acids is 1. The molecular weight excluding hydrogens is 491 g/mol. The van der Waals surface area contributed by atoms with Crippen LogP contribution in [0.1, 0.15) is 38.3 Å². The summed E-state index contributed by atoms with van der Waals surface area (Å²) in [4.78, 5) is 24.5. The maximum absolute atomic E-state index is 13.0. The number of halogens is 3. The first-order chi connectivity index (χ1) is 15.8. The minimum Gasteiger partial charge on any atom is -0.326 e. The molecule has 1 N–H and O–H groups in total. The average molecular weight is 516 g/mol. The van der Waals surface area contributed by atoms with Gasteiger partial charge in [0.05, 0.1) is 27.7 Å². The zero-order valence-corrected chi connectivity index (χ0v) is 20.4. The van der Waals surface area contributed by atoms with Crippen LogP contribution in [0.4, 0.5) is 24.5 Å². The molecule has 7 nitrogen and oxygen atoms in total. The number of fused-ring (bicyclic) bond motifs is 1. The number of nitrogens with zero attached hydrogens (tertiary/aromatic N) is 2. The molecule has 3 aromatic rings. The first-order valence-electron chi connectivity index (χ1n) is 10.4. The molecule has 0 aliphatic heterocycles. The molecule has 3 rings (SSSR count). The van der Waals surface area contributed by atoms with Crippen molar-refractivity contribution in [2.75, 3.05) is 22.4 Å². The van der Waals surface area contributed by atoms with Gasteiger partial charge in [-0.2, -0.15) is 13.2 Å². The summed E-state index contributed by atoms with van der Waals surface area (Å²) in [7, 11) is -3.87. The summed E-state index contributed by atoms with van der Waals surface area (Å²) in [5, 5.41) is 2.71. The fourth-order valence-corrected chi connectivity index (χ4v) is 5.54. The lowest BCUT2D eigenvalue weighted by atomic mass is 10.2. The van der Waals surface area contributed by atoms with Gasteiger partial charge in [-0.15, -0.1) is 0 Å². The van der Waals surface area contributed by atoms with Crippen LogP contribution in [0.25, 0.3) is 10.2 Å². The van der Waals surface area contributed by atoms with Gasteiger partial charge in [-0.05, 0) is 56.7 Å². The molecule has 0 fully saturated rings. The highest BCUT2D eigenvalue weighted by molar-refractivity contribution is 7.92. The van der Waals surface area contributed by atoms with Crippen molar-refractivity contribution in [3.63, 3.8) is 0 Å². The zero-order chi connectivity index (χ0) is 25.3. The van der Waals surface area contributed by atoms with E-state index >= 15 is 0 Å². The summed E-state index contributed by atoms with van der Waals surface area (Å²) in [6, 6.07) is 9.17. The number of thiazole rings is 1. The average Bonchev–Trinajstić information content (AvgIpc) is 3.04. The van der Waals surface area contributed by atoms with Gasteiger partial charge in [0.15, 0.2) is 0 Å². The Bertz CT molecular complexity index is 1360. The van der Waals surface area contributed by atoms with Gasteiger partial charge in [0.1, 0.15) is 0 Å². The van der Waals surface area contributed by atoms with Gasteiger partial charge >= 0.3 is 11.0 Å². The molecule has 2 aromatic carbocycles. The highest BCUT2D eigenvalue weighted by Gasteiger charge is 2.31. The molecule has 0 saturated carbocycles. The number of amides is 1. The van der Waals surface area contributed by atoms with Crippen LogP contribution < -0.4 is 14.5 Å². The van der Waals surface area contributed by atoms with Gasteiger partial charge < -0.3 is 5.32 Å². The van der Waals surface area contributed by atoms with Gasteiger partial charge in [-0.3, -0.25) is 18.5 Å². The third kappa shape index (κ3) is 5.98. The van der Waals surface area contributed by atoms with Crippen LogP contribution in [0, 0.1) is 0 Å². The van der Waals surface area contributed by atoms with Crippen molar-refractivity contribution < 1.29 is 26.4 Å². The summed E-state index contributed by atoms with van der Waals surface area (Å²) in [6.45, 7) is 3.65. The van der Waals surface area contributed by atoms with Crippen molar-refractivity contribution in [3.8, 4) is 0 Å². The Hall–Kier alpha value is -2.86. The molecule has 1 aromatic heterocycles. The maximum atomic E-state index is 13.0. The lowest BCUT2D eigenvalue weighted by Crippen LogP contribution is -2.31. The van der Waals surface area contributed by atoms with Gasteiger partial charge in [0.2, 0.25) is 15.9 Å². The standard InChI is InChI=1S/C22H24F3N3O4S2/c1-14(2)28-18-10-9-16(13-19(18)33-21(28)30)26-20(29)8-5-11-27(34(3,31)32)17-7-4-6-15(12-17)22(23,24)25/h4,6-7,9-10,12-14H,5,8,11H2,1-3H3,(H,26,29). The largest absolute Gasteiger partial charge is 0.416 e. The van der Waals surface area contributed by atoms with Gasteiger partial charge in [0.25, 0.3) is 0 Å². The molecule has 0 radical (unpaired) electrons. The smallest absolute Gasteiger partial charge is 0.326 e. The molecule has 1 heterocycles. The number of rotatable bonds is 8. The number of benzene rings is 2. The van der Waals surface area contributed by atoms with E-state index in [1.54, 1.807) is 22.8 Å². The molecule has 184 valence electrons. The lowest BCUT2D eigenvalue weighted by molar-refractivity contribution is -0.137. The van der Waals surface area contributed by atoms with Crippen molar-refractivity contribution in [2.45, 2.75) is 38.9 Å². The topological polar surface area (TPSA) is 88.5 Å². The first-order valence-corrected chi connectivity index (χ1v) is 13.0.